The number of thioether (sulfide) groups is 1. The van der Waals surface area contributed by atoms with Gasteiger partial charge < -0.3 is 10.2 Å². The quantitative estimate of drug-likeness (QED) is 0.658. The highest BCUT2D eigenvalue weighted by molar-refractivity contribution is 7.99. The molecule has 2 fully saturated rings. The molecule has 0 aromatic carbocycles. The van der Waals surface area contributed by atoms with Gasteiger partial charge >= 0.3 is 0 Å². The zero-order valence-corrected chi connectivity index (χ0v) is 11.6. The Morgan fingerprint density at radius 1 is 1.32 bits per heavy atom. The normalized spacial score (nSPS) is 26.2. The molecule has 2 aliphatic rings. The van der Waals surface area contributed by atoms with E-state index in [9.17, 15) is 4.79 Å². The molecule has 1 aromatic rings. The number of nitrogens with zero attached hydrogens (tertiary/aromatic N) is 3. The smallest absolute Gasteiger partial charge is 0.233 e. The van der Waals surface area contributed by atoms with Gasteiger partial charge in [-0.25, -0.2) is 9.97 Å². The van der Waals surface area contributed by atoms with Crippen molar-refractivity contribution in [2.75, 3.05) is 18.8 Å². The molecule has 1 aromatic heterocycles. The first kappa shape index (κ1) is 12.9. The van der Waals surface area contributed by atoms with Crippen molar-refractivity contribution >= 4 is 17.7 Å². The lowest BCUT2D eigenvalue weighted by atomic mass is 10.1. The molecule has 6 heteroatoms. The van der Waals surface area contributed by atoms with E-state index in [0.29, 0.717) is 23.0 Å². The SMILES string of the molecule is O=C(CSc1ncccn1)N1[C@@H]2CCNC[C@H]1CC2. The van der Waals surface area contributed by atoms with Crippen LogP contribution in [0, 0.1) is 0 Å². The summed E-state index contributed by atoms with van der Waals surface area (Å²) in [4.78, 5) is 22.8. The number of amides is 1. The summed E-state index contributed by atoms with van der Waals surface area (Å²) >= 11 is 1.43. The van der Waals surface area contributed by atoms with Gasteiger partial charge in [0.2, 0.25) is 5.91 Å². The molecule has 0 spiro atoms. The number of aromatic nitrogens is 2. The van der Waals surface area contributed by atoms with E-state index in [-0.39, 0.29) is 5.91 Å². The van der Waals surface area contributed by atoms with Crippen LogP contribution in [0.5, 0.6) is 0 Å². The van der Waals surface area contributed by atoms with E-state index < -0.39 is 0 Å². The fourth-order valence-electron chi connectivity index (χ4n) is 2.95. The Kier molecular flexibility index (Phi) is 3.98. The summed E-state index contributed by atoms with van der Waals surface area (Å²) in [5.41, 5.74) is 0. The monoisotopic (exact) mass is 278 g/mol. The van der Waals surface area contributed by atoms with Crippen LogP contribution in [-0.2, 0) is 4.79 Å². The van der Waals surface area contributed by atoms with Gasteiger partial charge in [0, 0.05) is 31.0 Å². The molecule has 2 aliphatic heterocycles. The fraction of sp³-hybridized carbons (Fsp3) is 0.615. The van der Waals surface area contributed by atoms with Gasteiger partial charge in [0.25, 0.3) is 0 Å². The highest BCUT2D eigenvalue weighted by Gasteiger charge is 2.37. The highest BCUT2D eigenvalue weighted by Crippen LogP contribution is 2.29. The van der Waals surface area contributed by atoms with Crippen molar-refractivity contribution < 1.29 is 4.79 Å². The molecule has 3 rings (SSSR count). The second-order valence-corrected chi connectivity index (χ2v) is 5.94. The molecule has 2 saturated heterocycles. The van der Waals surface area contributed by atoms with E-state index >= 15 is 0 Å². The number of nitrogens with one attached hydrogen (secondary N) is 1. The van der Waals surface area contributed by atoms with E-state index in [1.807, 2.05) is 0 Å². The molecule has 2 atom stereocenters. The van der Waals surface area contributed by atoms with Crippen LogP contribution in [0.15, 0.2) is 23.6 Å². The van der Waals surface area contributed by atoms with Gasteiger partial charge in [0.15, 0.2) is 5.16 Å². The number of hydrogen-bond acceptors (Lipinski definition) is 5. The van der Waals surface area contributed by atoms with Crippen LogP contribution in [0.2, 0.25) is 0 Å². The summed E-state index contributed by atoms with van der Waals surface area (Å²) in [6, 6.07) is 2.61. The average Bonchev–Trinajstić information content (AvgIpc) is 2.71. The number of carbonyl (C=O) groups excluding carboxylic acids is 1. The Bertz CT molecular complexity index is 428. The fourth-order valence-corrected chi connectivity index (χ4v) is 3.62. The Morgan fingerprint density at radius 2 is 2.11 bits per heavy atom. The summed E-state index contributed by atoms with van der Waals surface area (Å²) in [6.07, 6.45) is 6.79. The topological polar surface area (TPSA) is 58.1 Å². The first-order chi connectivity index (χ1) is 9.34. The first-order valence-electron chi connectivity index (χ1n) is 6.76. The summed E-state index contributed by atoms with van der Waals surface area (Å²) < 4.78 is 0. The van der Waals surface area contributed by atoms with Crippen molar-refractivity contribution in [1.29, 1.82) is 0 Å². The second-order valence-electron chi connectivity index (χ2n) is 5.00. The van der Waals surface area contributed by atoms with Crippen LogP contribution in [-0.4, -0.2) is 51.7 Å². The van der Waals surface area contributed by atoms with Crippen molar-refractivity contribution in [3.63, 3.8) is 0 Å². The maximum Gasteiger partial charge on any atom is 0.233 e. The summed E-state index contributed by atoms with van der Waals surface area (Å²) in [7, 11) is 0. The number of fused-ring (bicyclic) bond motifs is 2. The largest absolute Gasteiger partial charge is 0.335 e. The number of hydrogen-bond donors (Lipinski definition) is 1. The molecule has 2 bridgehead atoms. The molecular weight excluding hydrogens is 260 g/mol. The Balaban J connectivity index is 1.61. The number of carbonyl (C=O) groups is 1. The average molecular weight is 278 g/mol. The zero-order chi connectivity index (χ0) is 13.1. The van der Waals surface area contributed by atoms with Crippen LogP contribution >= 0.6 is 11.8 Å². The molecule has 0 aliphatic carbocycles. The minimum absolute atomic E-state index is 0.230. The van der Waals surface area contributed by atoms with Crippen LogP contribution < -0.4 is 5.32 Å². The molecule has 102 valence electrons. The molecule has 0 saturated carbocycles. The third-order valence-electron chi connectivity index (χ3n) is 3.81. The van der Waals surface area contributed by atoms with Gasteiger partial charge in [-0.2, -0.15) is 0 Å². The van der Waals surface area contributed by atoms with Gasteiger partial charge in [-0.3, -0.25) is 4.79 Å². The van der Waals surface area contributed by atoms with Crippen LogP contribution in [0.3, 0.4) is 0 Å². The maximum atomic E-state index is 12.4. The summed E-state index contributed by atoms with van der Waals surface area (Å²) in [5.74, 6) is 0.672. The van der Waals surface area contributed by atoms with Crippen molar-refractivity contribution in [2.45, 2.75) is 36.5 Å². The van der Waals surface area contributed by atoms with Gasteiger partial charge in [-0.15, -0.1) is 0 Å². The van der Waals surface area contributed by atoms with E-state index in [1.54, 1.807) is 18.5 Å². The molecule has 5 nitrogen and oxygen atoms in total. The predicted molar refractivity (Wildman–Crippen MR) is 73.9 cm³/mol. The molecular formula is C13H18N4OS. The van der Waals surface area contributed by atoms with Crippen molar-refractivity contribution in [1.82, 2.24) is 20.2 Å². The third kappa shape index (κ3) is 2.90. The van der Waals surface area contributed by atoms with Crippen LogP contribution in [0.25, 0.3) is 0 Å². The lowest BCUT2D eigenvalue weighted by Crippen LogP contribution is -2.43. The lowest BCUT2D eigenvalue weighted by Gasteiger charge is -2.27. The van der Waals surface area contributed by atoms with Crippen LogP contribution in [0.4, 0.5) is 0 Å². The van der Waals surface area contributed by atoms with Gasteiger partial charge in [0.05, 0.1) is 5.75 Å². The van der Waals surface area contributed by atoms with E-state index in [4.69, 9.17) is 0 Å². The molecule has 3 heterocycles. The Labute approximate surface area is 117 Å². The molecule has 0 radical (unpaired) electrons. The van der Waals surface area contributed by atoms with Crippen molar-refractivity contribution in [2.24, 2.45) is 0 Å². The second kappa shape index (κ2) is 5.88. The van der Waals surface area contributed by atoms with Crippen molar-refractivity contribution in [3.05, 3.63) is 18.5 Å². The summed E-state index contributed by atoms with van der Waals surface area (Å²) in [5, 5.41) is 4.09. The first-order valence-corrected chi connectivity index (χ1v) is 7.75. The van der Waals surface area contributed by atoms with E-state index in [2.05, 4.69) is 20.2 Å². The molecule has 19 heavy (non-hydrogen) atoms. The lowest BCUT2D eigenvalue weighted by molar-refractivity contribution is -0.130. The maximum absolute atomic E-state index is 12.4. The number of rotatable bonds is 3. The minimum Gasteiger partial charge on any atom is -0.335 e. The van der Waals surface area contributed by atoms with E-state index in [1.165, 1.54) is 11.8 Å². The van der Waals surface area contributed by atoms with Gasteiger partial charge in [-0.05, 0) is 31.9 Å². The predicted octanol–water partition coefficient (Wildman–Crippen LogP) is 0.922. The third-order valence-corrected chi connectivity index (χ3v) is 4.67. The van der Waals surface area contributed by atoms with Gasteiger partial charge in [0.1, 0.15) is 0 Å². The van der Waals surface area contributed by atoms with Crippen LogP contribution in [0.1, 0.15) is 19.3 Å². The zero-order valence-electron chi connectivity index (χ0n) is 10.8. The molecule has 1 amide bonds. The Hall–Kier alpha value is -1.14. The highest BCUT2D eigenvalue weighted by atomic mass is 32.2. The minimum atomic E-state index is 0.230. The van der Waals surface area contributed by atoms with Crippen molar-refractivity contribution in [3.8, 4) is 0 Å². The standard InChI is InChI=1S/C13H18N4OS/c18-12(9-19-13-15-5-1-6-16-13)17-10-2-3-11(17)8-14-7-4-10/h1,5-6,10-11,14H,2-4,7-9H2/t10-,11+/m0/s1. The summed E-state index contributed by atoms with van der Waals surface area (Å²) in [6.45, 7) is 1.97. The van der Waals surface area contributed by atoms with Gasteiger partial charge in [-0.1, -0.05) is 11.8 Å². The molecule has 0 unspecified atom stereocenters. The molecule has 1 N–H and O–H groups in total. The Morgan fingerprint density at radius 3 is 2.95 bits per heavy atom. The van der Waals surface area contributed by atoms with E-state index in [0.717, 1.165) is 32.4 Å².